The summed E-state index contributed by atoms with van der Waals surface area (Å²) in [6.45, 7) is 0.608. The van der Waals surface area contributed by atoms with E-state index in [0.717, 1.165) is 5.69 Å². The fourth-order valence-corrected chi connectivity index (χ4v) is 1.88. The summed E-state index contributed by atoms with van der Waals surface area (Å²) >= 11 is 0. The van der Waals surface area contributed by atoms with Gasteiger partial charge in [-0.25, -0.2) is 14.8 Å². The zero-order valence-corrected chi connectivity index (χ0v) is 9.15. The van der Waals surface area contributed by atoms with Crippen LogP contribution in [0, 0.1) is 0 Å². The lowest BCUT2D eigenvalue weighted by Gasteiger charge is -2.06. The summed E-state index contributed by atoms with van der Waals surface area (Å²) in [6.07, 6.45) is 9.13. The van der Waals surface area contributed by atoms with E-state index in [-0.39, 0.29) is 5.69 Å². The van der Waals surface area contributed by atoms with Crippen molar-refractivity contribution in [3.63, 3.8) is 0 Å². The molecule has 0 atom stereocenters. The highest BCUT2D eigenvalue weighted by Gasteiger charge is 2.25. The van der Waals surface area contributed by atoms with Crippen molar-refractivity contribution in [1.29, 1.82) is 0 Å². The molecular formula is C11H12N4O2. The highest BCUT2D eigenvalue weighted by atomic mass is 16.4. The highest BCUT2D eigenvalue weighted by molar-refractivity contribution is 5.84. The van der Waals surface area contributed by atoms with E-state index in [2.05, 4.69) is 14.5 Å². The predicted molar refractivity (Wildman–Crippen MR) is 58.8 cm³/mol. The number of hydrogen-bond donors (Lipinski definition) is 1. The molecule has 1 aliphatic rings. The third-order valence-corrected chi connectivity index (χ3v) is 2.88. The third kappa shape index (κ3) is 1.93. The van der Waals surface area contributed by atoms with Crippen LogP contribution in [0.25, 0.3) is 0 Å². The summed E-state index contributed by atoms with van der Waals surface area (Å²) in [4.78, 5) is 18.7. The van der Waals surface area contributed by atoms with Gasteiger partial charge in [-0.1, -0.05) is 0 Å². The van der Waals surface area contributed by atoms with E-state index < -0.39 is 5.97 Å². The summed E-state index contributed by atoms with van der Waals surface area (Å²) < 4.78 is 3.92. The number of carboxylic acids is 1. The largest absolute Gasteiger partial charge is 0.476 e. The quantitative estimate of drug-likeness (QED) is 0.858. The topological polar surface area (TPSA) is 72.9 Å². The Morgan fingerprint density at radius 2 is 2.29 bits per heavy atom. The van der Waals surface area contributed by atoms with Crippen LogP contribution in [0.1, 0.15) is 35.1 Å². The second-order valence-electron chi connectivity index (χ2n) is 4.26. The summed E-state index contributed by atoms with van der Waals surface area (Å²) in [7, 11) is 0. The Bertz CT molecular complexity index is 553. The normalized spacial score (nSPS) is 15.1. The molecule has 88 valence electrons. The number of carbonyl (C=O) groups is 1. The first kappa shape index (κ1) is 10.1. The van der Waals surface area contributed by atoms with E-state index in [4.69, 9.17) is 5.11 Å². The Balaban J connectivity index is 1.81. The van der Waals surface area contributed by atoms with Crippen molar-refractivity contribution >= 4 is 5.97 Å². The van der Waals surface area contributed by atoms with Gasteiger partial charge in [0.15, 0.2) is 5.69 Å². The third-order valence-electron chi connectivity index (χ3n) is 2.88. The number of aromatic carboxylic acids is 1. The Morgan fingerprint density at radius 1 is 1.47 bits per heavy atom. The molecule has 0 radical (unpaired) electrons. The first-order valence-electron chi connectivity index (χ1n) is 5.50. The van der Waals surface area contributed by atoms with Crippen LogP contribution in [-0.4, -0.2) is 30.2 Å². The van der Waals surface area contributed by atoms with Gasteiger partial charge in [0.1, 0.15) is 0 Å². The monoisotopic (exact) mass is 232 g/mol. The van der Waals surface area contributed by atoms with Gasteiger partial charge in [-0.2, -0.15) is 0 Å². The fraction of sp³-hybridized carbons (Fsp3) is 0.364. The smallest absolute Gasteiger partial charge is 0.356 e. The molecule has 1 aliphatic carbocycles. The summed E-state index contributed by atoms with van der Waals surface area (Å²) in [5.41, 5.74) is 1.16. The van der Waals surface area contributed by atoms with Crippen LogP contribution in [0.15, 0.2) is 25.0 Å². The maximum Gasteiger partial charge on any atom is 0.356 e. The van der Waals surface area contributed by atoms with Crippen molar-refractivity contribution in [1.82, 2.24) is 19.1 Å². The lowest BCUT2D eigenvalue weighted by atomic mass is 10.4. The zero-order valence-electron chi connectivity index (χ0n) is 9.15. The van der Waals surface area contributed by atoms with Gasteiger partial charge in [-0.05, 0) is 12.8 Å². The number of rotatable bonds is 4. The SMILES string of the molecule is O=C(O)c1cn(Cc2cncn2C2CC2)cn1. The molecule has 1 N–H and O–H groups in total. The molecule has 6 heteroatoms. The molecule has 0 saturated heterocycles. The number of hydrogen-bond acceptors (Lipinski definition) is 3. The van der Waals surface area contributed by atoms with E-state index >= 15 is 0 Å². The average Bonchev–Trinajstić information content (AvgIpc) is 2.86. The first-order valence-corrected chi connectivity index (χ1v) is 5.50. The number of nitrogens with zero attached hydrogens (tertiary/aromatic N) is 4. The molecule has 0 amide bonds. The second kappa shape index (κ2) is 3.73. The average molecular weight is 232 g/mol. The van der Waals surface area contributed by atoms with Gasteiger partial charge >= 0.3 is 5.97 Å². The van der Waals surface area contributed by atoms with Gasteiger partial charge in [-0.3, -0.25) is 0 Å². The van der Waals surface area contributed by atoms with Crippen LogP contribution in [-0.2, 0) is 6.54 Å². The molecule has 2 aromatic heterocycles. The number of aromatic nitrogens is 4. The Morgan fingerprint density at radius 3 is 2.94 bits per heavy atom. The van der Waals surface area contributed by atoms with Gasteiger partial charge in [0.2, 0.25) is 0 Å². The molecule has 0 aliphatic heterocycles. The molecule has 3 rings (SSSR count). The van der Waals surface area contributed by atoms with Crippen LogP contribution >= 0.6 is 0 Å². The van der Waals surface area contributed by atoms with Gasteiger partial charge in [0.25, 0.3) is 0 Å². The van der Waals surface area contributed by atoms with Crippen LogP contribution in [0.4, 0.5) is 0 Å². The predicted octanol–water partition coefficient (Wildman–Crippen LogP) is 1.16. The minimum absolute atomic E-state index is 0.0717. The maximum atomic E-state index is 10.7. The van der Waals surface area contributed by atoms with E-state index in [1.165, 1.54) is 25.4 Å². The van der Waals surface area contributed by atoms with Crippen molar-refractivity contribution in [2.24, 2.45) is 0 Å². The first-order chi connectivity index (χ1) is 8.24. The Labute approximate surface area is 97.5 Å². The lowest BCUT2D eigenvalue weighted by molar-refractivity contribution is 0.0691. The highest BCUT2D eigenvalue weighted by Crippen LogP contribution is 2.35. The van der Waals surface area contributed by atoms with Crippen molar-refractivity contribution < 1.29 is 9.90 Å². The zero-order chi connectivity index (χ0) is 11.8. The molecule has 17 heavy (non-hydrogen) atoms. The van der Waals surface area contributed by atoms with Crippen LogP contribution < -0.4 is 0 Å². The lowest BCUT2D eigenvalue weighted by Crippen LogP contribution is -2.04. The molecule has 1 saturated carbocycles. The summed E-state index contributed by atoms with van der Waals surface area (Å²) in [6, 6.07) is 0.579. The summed E-state index contributed by atoms with van der Waals surface area (Å²) in [5.74, 6) is -1.00. The van der Waals surface area contributed by atoms with E-state index in [0.29, 0.717) is 12.6 Å². The molecule has 0 bridgehead atoms. The second-order valence-corrected chi connectivity index (χ2v) is 4.26. The van der Waals surface area contributed by atoms with Crippen molar-refractivity contribution in [3.05, 3.63) is 36.4 Å². The Hall–Kier alpha value is -2.11. The maximum absolute atomic E-state index is 10.7. The standard InChI is InChI=1S/C11H12N4O2/c16-11(17)10-5-14(7-13-10)4-9-3-12-6-15(9)8-1-2-8/h3,5-8H,1-2,4H2,(H,16,17). The minimum atomic E-state index is -1.00. The van der Waals surface area contributed by atoms with E-state index in [1.54, 1.807) is 4.57 Å². The van der Waals surface area contributed by atoms with Crippen molar-refractivity contribution in [2.75, 3.05) is 0 Å². The van der Waals surface area contributed by atoms with Gasteiger partial charge in [0.05, 0.1) is 24.9 Å². The molecule has 1 fully saturated rings. The fourth-order valence-electron chi connectivity index (χ4n) is 1.88. The van der Waals surface area contributed by atoms with Gasteiger partial charge in [-0.15, -0.1) is 0 Å². The molecule has 2 heterocycles. The number of carboxylic acid groups (broad SMARTS) is 1. The van der Waals surface area contributed by atoms with Crippen LogP contribution in [0.3, 0.4) is 0 Å². The van der Waals surface area contributed by atoms with Crippen LogP contribution in [0.5, 0.6) is 0 Å². The van der Waals surface area contributed by atoms with Crippen molar-refractivity contribution in [2.45, 2.75) is 25.4 Å². The molecule has 6 nitrogen and oxygen atoms in total. The van der Waals surface area contributed by atoms with Crippen LogP contribution in [0.2, 0.25) is 0 Å². The van der Waals surface area contributed by atoms with Gasteiger partial charge in [0, 0.05) is 18.4 Å². The molecule has 0 spiro atoms. The van der Waals surface area contributed by atoms with Gasteiger partial charge < -0.3 is 14.2 Å². The number of imidazole rings is 2. The van der Waals surface area contributed by atoms with E-state index in [9.17, 15) is 4.79 Å². The van der Waals surface area contributed by atoms with Crippen molar-refractivity contribution in [3.8, 4) is 0 Å². The Kier molecular flexibility index (Phi) is 2.21. The summed E-state index contributed by atoms with van der Waals surface area (Å²) in [5, 5.41) is 8.78. The minimum Gasteiger partial charge on any atom is -0.476 e. The molecule has 2 aromatic rings. The molecular weight excluding hydrogens is 220 g/mol. The molecule has 0 aromatic carbocycles. The van der Waals surface area contributed by atoms with E-state index in [1.807, 2.05) is 12.5 Å². The molecule has 0 unspecified atom stereocenters.